The van der Waals surface area contributed by atoms with Crippen molar-refractivity contribution >= 4 is 17.6 Å². The lowest BCUT2D eigenvalue weighted by Gasteiger charge is -2.14. The Hall–Kier alpha value is -3.22. The molecule has 0 aromatic heterocycles. The topological polar surface area (TPSA) is 83.1 Å². The van der Waals surface area contributed by atoms with Gasteiger partial charge in [-0.05, 0) is 49.2 Å². The summed E-state index contributed by atoms with van der Waals surface area (Å²) in [6.45, 7) is 3.46. The number of benzene rings is 2. The van der Waals surface area contributed by atoms with Gasteiger partial charge in [0.2, 0.25) is 5.75 Å². The molecule has 2 aromatic carbocycles. The van der Waals surface area contributed by atoms with Gasteiger partial charge in [0.15, 0.2) is 18.1 Å². The third-order valence-corrected chi connectivity index (χ3v) is 3.74. The number of esters is 1. The first-order chi connectivity index (χ1) is 12.9. The molecule has 0 unspecified atom stereocenters. The molecule has 27 heavy (non-hydrogen) atoms. The van der Waals surface area contributed by atoms with E-state index in [0.717, 1.165) is 11.1 Å². The second kappa shape index (κ2) is 8.93. The molecule has 2 aromatic rings. The maximum Gasteiger partial charge on any atom is 0.338 e. The van der Waals surface area contributed by atoms with Crippen LogP contribution < -0.4 is 19.5 Å². The lowest BCUT2D eigenvalue weighted by atomic mass is 10.1. The molecule has 0 bridgehead atoms. The Morgan fingerprint density at radius 1 is 0.852 bits per heavy atom. The zero-order valence-corrected chi connectivity index (χ0v) is 16.0. The van der Waals surface area contributed by atoms with Crippen LogP contribution in [0.3, 0.4) is 0 Å². The molecule has 144 valence electrons. The Labute approximate surface area is 158 Å². The molecular formula is C20H23NO6. The Morgan fingerprint density at radius 3 is 1.89 bits per heavy atom. The molecule has 0 heterocycles. The molecule has 7 heteroatoms. The predicted molar refractivity (Wildman–Crippen MR) is 101 cm³/mol. The van der Waals surface area contributed by atoms with Crippen molar-refractivity contribution in [2.24, 2.45) is 0 Å². The van der Waals surface area contributed by atoms with Crippen molar-refractivity contribution in [3.63, 3.8) is 0 Å². The van der Waals surface area contributed by atoms with E-state index in [1.54, 1.807) is 0 Å². The quantitative estimate of drug-likeness (QED) is 0.751. The van der Waals surface area contributed by atoms with Crippen LogP contribution in [0.4, 0.5) is 5.69 Å². The standard InChI is InChI=1S/C20H23NO6/c1-12-6-13(2)8-15(7-12)21-18(22)11-27-20(23)14-9-16(24-3)19(26-5)17(10-14)25-4/h6-10H,11H2,1-5H3,(H,21,22). The minimum absolute atomic E-state index is 0.184. The molecular weight excluding hydrogens is 350 g/mol. The lowest BCUT2D eigenvalue weighted by Crippen LogP contribution is -2.21. The SMILES string of the molecule is COc1cc(C(=O)OCC(=O)Nc2cc(C)cc(C)c2)cc(OC)c1OC. The van der Waals surface area contributed by atoms with Gasteiger partial charge < -0.3 is 24.3 Å². The third kappa shape index (κ3) is 5.13. The molecule has 0 aliphatic carbocycles. The van der Waals surface area contributed by atoms with Crippen LogP contribution in [0.5, 0.6) is 17.2 Å². The first-order valence-electron chi connectivity index (χ1n) is 8.23. The molecule has 0 aliphatic rings. The third-order valence-electron chi connectivity index (χ3n) is 3.74. The normalized spacial score (nSPS) is 10.1. The second-order valence-electron chi connectivity index (χ2n) is 5.91. The van der Waals surface area contributed by atoms with Crippen molar-refractivity contribution in [2.45, 2.75) is 13.8 Å². The van der Waals surface area contributed by atoms with Crippen LogP contribution >= 0.6 is 0 Å². The first-order valence-corrected chi connectivity index (χ1v) is 8.23. The summed E-state index contributed by atoms with van der Waals surface area (Å²) in [5.74, 6) is -0.0956. The highest BCUT2D eigenvalue weighted by molar-refractivity contribution is 5.96. The smallest absolute Gasteiger partial charge is 0.338 e. The molecule has 0 aliphatic heterocycles. The minimum Gasteiger partial charge on any atom is -0.493 e. The van der Waals surface area contributed by atoms with E-state index < -0.39 is 18.5 Å². The number of nitrogens with one attached hydrogen (secondary N) is 1. The van der Waals surface area contributed by atoms with Gasteiger partial charge in [0.1, 0.15) is 0 Å². The van der Waals surface area contributed by atoms with Crippen molar-refractivity contribution in [3.8, 4) is 17.2 Å². The number of carbonyl (C=O) groups is 2. The van der Waals surface area contributed by atoms with Gasteiger partial charge >= 0.3 is 5.97 Å². The van der Waals surface area contributed by atoms with Crippen LogP contribution in [-0.4, -0.2) is 39.8 Å². The average Bonchev–Trinajstić information content (AvgIpc) is 2.63. The van der Waals surface area contributed by atoms with E-state index >= 15 is 0 Å². The summed E-state index contributed by atoms with van der Waals surface area (Å²) in [6.07, 6.45) is 0. The molecule has 0 radical (unpaired) electrons. The van der Waals surface area contributed by atoms with E-state index in [1.807, 2.05) is 32.0 Å². The van der Waals surface area contributed by atoms with Gasteiger partial charge in [0.25, 0.3) is 5.91 Å². The van der Waals surface area contributed by atoms with Gasteiger partial charge in [-0.15, -0.1) is 0 Å². The molecule has 0 saturated heterocycles. The summed E-state index contributed by atoms with van der Waals surface area (Å²) in [6, 6.07) is 8.61. The number of anilines is 1. The fraction of sp³-hybridized carbons (Fsp3) is 0.300. The van der Waals surface area contributed by atoms with Gasteiger partial charge in [-0.3, -0.25) is 4.79 Å². The van der Waals surface area contributed by atoms with Gasteiger partial charge in [0, 0.05) is 5.69 Å². The fourth-order valence-corrected chi connectivity index (χ4v) is 2.66. The van der Waals surface area contributed by atoms with E-state index in [9.17, 15) is 9.59 Å². The molecule has 1 amide bonds. The summed E-state index contributed by atoms with van der Waals surface area (Å²) in [5, 5.41) is 2.71. The maximum atomic E-state index is 12.3. The number of ether oxygens (including phenoxy) is 4. The number of aryl methyl sites for hydroxylation is 2. The molecule has 7 nitrogen and oxygen atoms in total. The van der Waals surface area contributed by atoms with E-state index in [4.69, 9.17) is 18.9 Å². The van der Waals surface area contributed by atoms with Crippen LogP contribution in [0.25, 0.3) is 0 Å². The molecule has 0 atom stereocenters. The zero-order valence-electron chi connectivity index (χ0n) is 16.0. The number of hydrogen-bond donors (Lipinski definition) is 1. The highest BCUT2D eigenvalue weighted by Gasteiger charge is 2.18. The van der Waals surface area contributed by atoms with Crippen LogP contribution in [0.2, 0.25) is 0 Å². The molecule has 0 fully saturated rings. The second-order valence-corrected chi connectivity index (χ2v) is 5.91. The van der Waals surface area contributed by atoms with Gasteiger partial charge in [-0.1, -0.05) is 6.07 Å². The monoisotopic (exact) mass is 373 g/mol. The van der Waals surface area contributed by atoms with Crippen molar-refractivity contribution < 1.29 is 28.5 Å². The molecule has 0 spiro atoms. The van der Waals surface area contributed by atoms with E-state index in [1.165, 1.54) is 33.5 Å². The molecule has 1 N–H and O–H groups in total. The number of carbonyl (C=O) groups excluding carboxylic acids is 2. The average molecular weight is 373 g/mol. The van der Waals surface area contributed by atoms with Crippen molar-refractivity contribution in [3.05, 3.63) is 47.0 Å². The minimum atomic E-state index is -0.676. The van der Waals surface area contributed by atoms with E-state index in [2.05, 4.69) is 5.32 Å². The Kier molecular flexibility index (Phi) is 6.65. The summed E-state index contributed by atoms with van der Waals surface area (Å²) in [7, 11) is 4.36. The largest absolute Gasteiger partial charge is 0.493 e. The van der Waals surface area contributed by atoms with Crippen LogP contribution in [0.15, 0.2) is 30.3 Å². The number of amides is 1. The summed E-state index contributed by atoms with van der Waals surface area (Å²) in [4.78, 5) is 24.4. The number of methoxy groups -OCH3 is 3. The highest BCUT2D eigenvalue weighted by Crippen LogP contribution is 2.38. The lowest BCUT2D eigenvalue weighted by molar-refractivity contribution is -0.119. The van der Waals surface area contributed by atoms with Gasteiger partial charge in [0.05, 0.1) is 26.9 Å². The van der Waals surface area contributed by atoms with E-state index in [-0.39, 0.29) is 5.56 Å². The van der Waals surface area contributed by atoms with Crippen LogP contribution in [0, 0.1) is 13.8 Å². The molecule has 2 rings (SSSR count). The van der Waals surface area contributed by atoms with Crippen LogP contribution in [-0.2, 0) is 9.53 Å². The van der Waals surface area contributed by atoms with E-state index in [0.29, 0.717) is 22.9 Å². The van der Waals surface area contributed by atoms with Crippen molar-refractivity contribution in [1.82, 2.24) is 0 Å². The zero-order chi connectivity index (χ0) is 20.0. The first kappa shape index (κ1) is 20.1. The van der Waals surface area contributed by atoms with Crippen molar-refractivity contribution in [2.75, 3.05) is 33.3 Å². The Bertz CT molecular complexity index is 801. The maximum absolute atomic E-state index is 12.3. The Balaban J connectivity index is 2.05. The highest BCUT2D eigenvalue weighted by atomic mass is 16.5. The Morgan fingerprint density at radius 2 is 1.41 bits per heavy atom. The number of hydrogen-bond acceptors (Lipinski definition) is 6. The summed E-state index contributed by atoms with van der Waals surface area (Å²) >= 11 is 0. The predicted octanol–water partition coefficient (Wildman–Crippen LogP) is 3.12. The number of rotatable bonds is 7. The van der Waals surface area contributed by atoms with Crippen molar-refractivity contribution in [1.29, 1.82) is 0 Å². The summed E-state index contributed by atoms with van der Waals surface area (Å²) in [5.41, 5.74) is 2.89. The van der Waals surface area contributed by atoms with Crippen LogP contribution in [0.1, 0.15) is 21.5 Å². The summed E-state index contributed by atoms with van der Waals surface area (Å²) < 4.78 is 20.7. The van der Waals surface area contributed by atoms with Gasteiger partial charge in [-0.25, -0.2) is 4.79 Å². The fourth-order valence-electron chi connectivity index (χ4n) is 2.66. The van der Waals surface area contributed by atoms with Gasteiger partial charge in [-0.2, -0.15) is 0 Å². The molecule has 0 saturated carbocycles.